The van der Waals surface area contributed by atoms with E-state index in [1.165, 1.54) is 9.80 Å². The first-order valence-corrected chi connectivity index (χ1v) is 5.56. The second-order valence-corrected chi connectivity index (χ2v) is 4.35. The zero-order chi connectivity index (χ0) is 12.0. The quantitative estimate of drug-likeness (QED) is 0.721. The Kier molecular flexibility index (Phi) is 2.16. The number of benzene rings is 1. The Bertz CT molecular complexity index is 450. The highest BCUT2D eigenvalue weighted by Gasteiger charge is 2.50. The second-order valence-electron chi connectivity index (χ2n) is 4.35. The molecule has 0 bridgehead atoms. The molecule has 0 saturated carbocycles. The Morgan fingerprint density at radius 1 is 1.18 bits per heavy atom. The van der Waals surface area contributed by atoms with Crippen molar-refractivity contribution in [3.63, 3.8) is 0 Å². The number of carbonyl (C=O) groups is 2. The molecular weight excluding hydrogens is 220 g/mol. The van der Waals surface area contributed by atoms with E-state index >= 15 is 0 Å². The number of carbonyl (C=O) groups excluding carboxylic acids is 2. The molecule has 0 aliphatic carbocycles. The van der Waals surface area contributed by atoms with Gasteiger partial charge in [-0.1, -0.05) is 18.2 Å². The summed E-state index contributed by atoms with van der Waals surface area (Å²) in [6.07, 6.45) is -0.237. The molecule has 0 radical (unpaired) electrons. The highest BCUT2D eigenvalue weighted by atomic mass is 16.3. The van der Waals surface area contributed by atoms with Gasteiger partial charge in [0.15, 0.2) is 0 Å². The van der Waals surface area contributed by atoms with Crippen LogP contribution in [0.25, 0.3) is 0 Å². The Morgan fingerprint density at radius 2 is 1.88 bits per heavy atom. The van der Waals surface area contributed by atoms with Crippen molar-refractivity contribution in [2.75, 3.05) is 11.4 Å². The molecule has 2 atom stereocenters. The molecule has 2 aliphatic heterocycles. The van der Waals surface area contributed by atoms with Gasteiger partial charge in [-0.3, -0.25) is 4.79 Å². The summed E-state index contributed by atoms with van der Waals surface area (Å²) >= 11 is 0. The van der Waals surface area contributed by atoms with E-state index in [2.05, 4.69) is 0 Å². The van der Waals surface area contributed by atoms with Crippen LogP contribution in [0.5, 0.6) is 0 Å². The van der Waals surface area contributed by atoms with Gasteiger partial charge in [0.2, 0.25) is 0 Å². The average Bonchev–Trinajstić information content (AvgIpc) is 2.81. The third-order valence-corrected chi connectivity index (χ3v) is 3.24. The summed E-state index contributed by atoms with van der Waals surface area (Å²) in [5.41, 5.74) is 0.589. The highest BCUT2D eigenvalue weighted by molar-refractivity contribution is 6.21. The van der Waals surface area contributed by atoms with Crippen molar-refractivity contribution < 1.29 is 14.7 Å². The van der Waals surface area contributed by atoms with E-state index in [1.807, 2.05) is 6.07 Å². The van der Waals surface area contributed by atoms with Gasteiger partial charge in [-0.15, -0.1) is 0 Å². The number of aliphatic hydroxyl groups excluding tert-OH is 1. The summed E-state index contributed by atoms with van der Waals surface area (Å²) in [5, 5.41) is 9.46. The van der Waals surface area contributed by atoms with Crippen LogP contribution in [0.1, 0.15) is 6.42 Å². The third kappa shape index (κ3) is 1.43. The molecule has 1 aromatic carbocycles. The molecule has 2 heterocycles. The van der Waals surface area contributed by atoms with Gasteiger partial charge < -0.3 is 10.0 Å². The zero-order valence-corrected chi connectivity index (χ0v) is 9.11. The number of aliphatic hydroxyl groups is 1. The Morgan fingerprint density at radius 3 is 2.53 bits per heavy atom. The number of nitrogens with zero attached hydrogens (tertiary/aromatic N) is 2. The summed E-state index contributed by atoms with van der Waals surface area (Å²) in [4.78, 5) is 26.8. The number of hydrogen-bond donors (Lipinski definition) is 1. The number of imide groups is 1. The predicted molar refractivity (Wildman–Crippen MR) is 60.4 cm³/mol. The maximum atomic E-state index is 12.1. The van der Waals surface area contributed by atoms with Crippen molar-refractivity contribution in [3.8, 4) is 0 Å². The summed E-state index contributed by atoms with van der Waals surface area (Å²) in [7, 11) is 0. The van der Waals surface area contributed by atoms with Gasteiger partial charge in [0.1, 0.15) is 6.04 Å². The summed E-state index contributed by atoms with van der Waals surface area (Å²) in [6.45, 7) is 0.249. The summed E-state index contributed by atoms with van der Waals surface area (Å²) < 4.78 is 0. The largest absolute Gasteiger partial charge is 0.391 e. The maximum absolute atomic E-state index is 12.1. The van der Waals surface area contributed by atoms with Gasteiger partial charge in [-0.25, -0.2) is 9.69 Å². The molecule has 0 spiro atoms. The van der Waals surface area contributed by atoms with Gasteiger partial charge in [-0.2, -0.15) is 0 Å². The van der Waals surface area contributed by atoms with Gasteiger partial charge in [0.05, 0.1) is 11.8 Å². The monoisotopic (exact) mass is 232 g/mol. The third-order valence-electron chi connectivity index (χ3n) is 3.24. The van der Waals surface area contributed by atoms with E-state index in [0.717, 1.165) is 0 Å². The van der Waals surface area contributed by atoms with E-state index in [0.29, 0.717) is 12.1 Å². The van der Waals surface area contributed by atoms with Crippen LogP contribution in [0.4, 0.5) is 10.5 Å². The zero-order valence-electron chi connectivity index (χ0n) is 9.11. The van der Waals surface area contributed by atoms with Crippen molar-refractivity contribution >= 4 is 17.6 Å². The summed E-state index contributed by atoms with van der Waals surface area (Å²) in [6, 6.07) is 8.05. The molecule has 2 fully saturated rings. The van der Waals surface area contributed by atoms with Crippen LogP contribution in [0.2, 0.25) is 0 Å². The van der Waals surface area contributed by atoms with Gasteiger partial charge in [-0.05, 0) is 12.1 Å². The predicted octanol–water partition coefficient (Wildman–Crippen LogP) is 0.588. The molecule has 1 N–H and O–H groups in total. The molecule has 5 heteroatoms. The molecule has 2 saturated heterocycles. The van der Waals surface area contributed by atoms with E-state index in [-0.39, 0.29) is 18.5 Å². The number of urea groups is 1. The van der Waals surface area contributed by atoms with Crippen molar-refractivity contribution in [2.24, 2.45) is 0 Å². The van der Waals surface area contributed by atoms with E-state index < -0.39 is 12.1 Å². The molecule has 3 amide bonds. The first-order chi connectivity index (χ1) is 8.18. The number of amides is 3. The lowest BCUT2D eigenvalue weighted by Crippen LogP contribution is -2.34. The second kappa shape index (κ2) is 3.56. The fourth-order valence-electron chi connectivity index (χ4n) is 2.45. The van der Waals surface area contributed by atoms with Crippen molar-refractivity contribution in [1.82, 2.24) is 4.90 Å². The van der Waals surface area contributed by atoms with Crippen LogP contribution in [0, 0.1) is 0 Å². The first kappa shape index (κ1) is 10.3. The molecule has 0 unspecified atom stereocenters. The number of fused-ring (bicyclic) bond motifs is 1. The fourth-order valence-corrected chi connectivity index (χ4v) is 2.45. The highest BCUT2D eigenvalue weighted by Crippen LogP contribution is 2.31. The van der Waals surface area contributed by atoms with Crippen molar-refractivity contribution in [1.29, 1.82) is 0 Å². The van der Waals surface area contributed by atoms with E-state index in [1.54, 1.807) is 24.3 Å². The Hall–Kier alpha value is -1.88. The standard InChI is InChI=1S/C12H12N2O3/c15-9-6-10-11(16)14(12(17)13(10)7-9)8-4-2-1-3-5-8/h1-5,9-10,15H,6-7H2/t9-,10-/m1/s1. The van der Waals surface area contributed by atoms with Crippen LogP contribution < -0.4 is 4.90 Å². The number of hydrogen-bond acceptors (Lipinski definition) is 3. The SMILES string of the molecule is O=C1[C@H]2C[C@@H](O)CN2C(=O)N1c1ccccc1. The topological polar surface area (TPSA) is 60.9 Å². The van der Waals surface area contributed by atoms with Crippen molar-refractivity contribution in [3.05, 3.63) is 30.3 Å². The van der Waals surface area contributed by atoms with Gasteiger partial charge in [0, 0.05) is 13.0 Å². The lowest BCUT2D eigenvalue weighted by molar-refractivity contribution is -0.119. The molecule has 88 valence electrons. The van der Waals surface area contributed by atoms with Gasteiger partial charge in [0.25, 0.3) is 5.91 Å². The lowest BCUT2D eigenvalue weighted by atomic mass is 10.2. The average molecular weight is 232 g/mol. The minimum absolute atomic E-state index is 0.238. The molecule has 1 aromatic rings. The van der Waals surface area contributed by atoms with Crippen LogP contribution in [0.15, 0.2) is 30.3 Å². The van der Waals surface area contributed by atoms with E-state index in [9.17, 15) is 14.7 Å². The smallest absolute Gasteiger partial charge is 0.332 e. The molecule has 2 aliphatic rings. The van der Waals surface area contributed by atoms with Gasteiger partial charge >= 0.3 is 6.03 Å². The van der Waals surface area contributed by atoms with Crippen LogP contribution >= 0.6 is 0 Å². The maximum Gasteiger partial charge on any atom is 0.332 e. The van der Waals surface area contributed by atoms with Crippen LogP contribution in [0.3, 0.4) is 0 Å². The van der Waals surface area contributed by atoms with Crippen molar-refractivity contribution in [2.45, 2.75) is 18.6 Å². The Labute approximate surface area is 98.2 Å². The molecule has 3 rings (SSSR count). The Balaban J connectivity index is 1.95. The number of anilines is 1. The first-order valence-electron chi connectivity index (χ1n) is 5.56. The normalized spacial score (nSPS) is 27.8. The number of para-hydroxylation sites is 1. The summed E-state index contributed by atoms with van der Waals surface area (Å²) in [5.74, 6) is -0.238. The van der Waals surface area contributed by atoms with Crippen LogP contribution in [-0.2, 0) is 4.79 Å². The number of rotatable bonds is 1. The fraction of sp³-hybridized carbons (Fsp3) is 0.333. The minimum atomic E-state index is -0.578. The lowest BCUT2D eigenvalue weighted by Gasteiger charge is -2.16. The molecular formula is C12H12N2O3. The van der Waals surface area contributed by atoms with Crippen LogP contribution in [-0.4, -0.2) is 40.6 Å². The minimum Gasteiger partial charge on any atom is -0.391 e. The van der Waals surface area contributed by atoms with E-state index in [4.69, 9.17) is 0 Å². The molecule has 0 aromatic heterocycles. The molecule has 17 heavy (non-hydrogen) atoms. The molecule has 5 nitrogen and oxygen atoms in total.